The Labute approximate surface area is 115 Å². The van der Waals surface area contributed by atoms with Crippen LogP contribution in [-0.4, -0.2) is 14.1 Å². The molecule has 0 amide bonds. The molecule has 0 unspecified atom stereocenters. The molecule has 0 aliphatic rings. The number of fused-ring (bicyclic) bond motifs is 1. The Hall–Kier alpha value is -1.88. The second kappa shape index (κ2) is 4.66. The van der Waals surface area contributed by atoms with Crippen LogP contribution >= 0.6 is 11.3 Å². The van der Waals surface area contributed by atoms with Crippen LogP contribution in [0, 0.1) is 6.92 Å². The van der Waals surface area contributed by atoms with E-state index >= 15 is 0 Å². The van der Waals surface area contributed by atoms with Crippen molar-refractivity contribution in [3.63, 3.8) is 0 Å². The lowest BCUT2D eigenvalue weighted by atomic mass is 10.3. The van der Waals surface area contributed by atoms with E-state index < -0.39 is 0 Å². The number of aryl methyl sites for hydroxylation is 2. The lowest BCUT2D eigenvalue weighted by Crippen LogP contribution is -2.24. The molecule has 0 spiro atoms. The molecule has 2 heterocycles. The number of rotatable bonds is 3. The number of hydrogen-bond donors (Lipinski definition) is 0. The highest BCUT2D eigenvalue weighted by Crippen LogP contribution is 2.16. The van der Waals surface area contributed by atoms with Gasteiger partial charge in [-0.3, -0.25) is 9.13 Å². The van der Waals surface area contributed by atoms with Crippen LogP contribution in [0.4, 0.5) is 0 Å². The SMILES string of the molecule is CCn1c(=O)n(Cc2nc(C)cs2)c2ccccc21. The van der Waals surface area contributed by atoms with Gasteiger partial charge in [0, 0.05) is 17.6 Å². The number of para-hydroxylation sites is 2. The number of nitrogens with zero attached hydrogens (tertiary/aromatic N) is 3. The molecule has 1 aromatic carbocycles. The average Bonchev–Trinajstić information content (AvgIpc) is 2.93. The van der Waals surface area contributed by atoms with Crippen molar-refractivity contribution in [2.24, 2.45) is 0 Å². The quantitative estimate of drug-likeness (QED) is 0.736. The summed E-state index contributed by atoms with van der Waals surface area (Å²) in [5.74, 6) is 0. The summed E-state index contributed by atoms with van der Waals surface area (Å²) in [6.45, 7) is 5.19. The van der Waals surface area contributed by atoms with E-state index in [0.29, 0.717) is 13.1 Å². The van der Waals surface area contributed by atoms with Crippen LogP contribution in [0.5, 0.6) is 0 Å². The third kappa shape index (κ3) is 2.00. The van der Waals surface area contributed by atoms with Gasteiger partial charge in [0.25, 0.3) is 0 Å². The Morgan fingerprint density at radius 2 is 1.89 bits per heavy atom. The number of thiazole rings is 1. The Bertz CT molecular complexity index is 781. The van der Waals surface area contributed by atoms with E-state index in [1.54, 1.807) is 20.5 Å². The number of aromatic nitrogens is 3. The van der Waals surface area contributed by atoms with Gasteiger partial charge in [-0.2, -0.15) is 0 Å². The molecule has 0 fully saturated rings. The molecule has 3 aromatic rings. The first-order valence-corrected chi connectivity index (χ1v) is 7.17. The molecular formula is C14H15N3OS. The average molecular weight is 273 g/mol. The molecule has 5 heteroatoms. The fourth-order valence-corrected chi connectivity index (χ4v) is 3.10. The van der Waals surface area contributed by atoms with Crippen molar-refractivity contribution in [2.45, 2.75) is 26.9 Å². The summed E-state index contributed by atoms with van der Waals surface area (Å²) in [5.41, 5.74) is 3.01. The summed E-state index contributed by atoms with van der Waals surface area (Å²) < 4.78 is 3.60. The van der Waals surface area contributed by atoms with Crippen LogP contribution in [0.15, 0.2) is 34.4 Å². The van der Waals surface area contributed by atoms with Crippen molar-refractivity contribution in [1.82, 2.24) is 14.1 Å². The Kier molecular flexibility index (Phi) is 2.98. The molecular weight excluding hydrogens is 258 g/mol. The van der Waals surface area contributed by atoms with E-state index in [9.17, 15) is 4.79 Å². The minimum Gasteiger partial charge on any atom is -0.292 e. The molecule has 0 saturated heterocycles. The molecule has 98 valence electrons. The first-order chi connectivity index (χ1) is 9.20. The minimum atomic E-state index is 0.0385. The summed E-state index contributed by atoms with van der Waals surface area (Å²) in [6.07, 6.45) is 0. The van der Waals surface area contributed by atoms with E-state index in [0.717, 1.165) is 21.7 Å². The molecule has 3 rings (SSSR count). The monoisotopic (exact) mass is 273 g/mol. The van der Waals surface area contributed by atoms with Crippen LogP contribution < -0.4 is 5.69 Å². The van der Waals surface area contributed by atoms with Crippen LogP contribution in [0.25, 0.3) is 11.0 Å². The van der Waals surface area contributed by atoms with Crippen molar-refractivity contribution in [3.8, 4) is 0 Å². The lowest BCUT2D eigenvalue weighted by Gasteiger charge is -1.99. The number of benzene rings is 1. The molecule has 0 N–H and O–H groups in total. The van der Waals surface area contributed by atoms with E-state index in [2.05, 4.69) is 4.98 Å². The molecule has 19 heavy (non-hydrogen) atoms. The molecule has 0 atom stereocenters. The Morgan fingerprint density at radius 1 is 1.21 bits per heavy atom. The Morgan fingerprint density at radius 3 is 2.47 bits per heavy atom. The molecule has 0 radical (unpaired) electrons. The van der Waals surface area contributed by atoms with Gasteiger partial charge in [0.2, 0.25) is 0 Å². The van der Waals surface area contributed by atoms with Crippen molar-refractivity contribution in [2.75, 3.05) is 0 Å². The predicted molar refractivity (Wildman–Crippen MR) is 77.8 cm³/mol. The molecule has 2 aromatic heterocycles. The van der Waals surface area contributed by atoms with Crippen LogP contribution in [0.3, 0.4) is 0 Å². The van der Waals surface area contributed by atoms with Gasteiger partial charge >= 0.3 is 5.69 Å². The zero-order chi connectivity index (χ0) is 13.4. The van der Waals surface area contributed by atoms with E-state index in [1.807, 2.05) is 43.5 Å². The highest BCUT2D eigenvalue weighted by Gasteiger charge is 2.12. The van der Waals surface area contributed by atoms with Crippen LogP contribution in [0.1, 0.15) is 17.6 Å². The summed E-state index contributed by atoms with van der Waals surface area (Å²) in [5, 5.41) is 2.98. The molecule has 4 nitrogen and oxygen atoms in total. The van der Waals surface area contributed by atoms with Crippen molar-refractivity contribution in [3.05, 3.63) is 50.8 Å². The number of imidazole rings is 1. The van der Waals surface area contributed by atoms with Gasteiger partial charge < -0.3 is 0 Å². The fraction of sp³-hybridized carbons (Fsp3) is 0.286. The third-order valence-corrected chi connectivity index (χ3v) is 4.15. The maximum atomic E-state index is 12.4. The van der Waals surface area contributed by atoms with Crippen LogP contribution in [0.2, 0.25) is 0 Å². The second-order valence-corrected chi connectivity index (χ2v) is 5.43. The van der Waals surface area contributed by atoms with Crippen molar-refractivity contribution < 1.29 is 0 Å². The third-order valence-electron chi connectivity index (χ3n) is 3.20. The molecule has 0 bridgehead atoms. The zero-order valence-corrected chi connectivity index (χ0v) is 11.8. The molecule has 0 aliphatic carbocycles. The highest BCUT2D eigenvalue weighted by atomic mass is 32.1. The second-order valence-electron chi connectivity index (χ2n) is 4.48. The minimum absolute atomic E-state index is 0.0385. The van der Waals surface area contributed by atoms with Crippen LogP contribution in [-0.2, 0) is 13.1 Å². The first-order valence-electron chi connectivity index (χ1n) is 6.29. The predicted octanol–water partition coefficient (Wildman–Crippen LogP) is 2.64. The van der Waals surface area contributed by atoms with Crippen molar-refractivity contribution in [1.29, 1.82) is 0 Å². The lowest BCUT2D eigenvalue weighted by molar-refractivity contribution is 0.682. The van der Waals surface area contributed by atoms with E-state index in [-0.39, 0.29) is 5.69 Å². The van der Waals surface area contributed by atoms with Gasteiger partial charge in [-0.1, -0.05) is 12.1 Å². The fourth-order valence-electron chi connectivity index (χ4n) is 2.34. The van der Waals surface area contributed by atoms with Gasteiger partial charge in [0.15, 0.2) is 0 Å². The maximum Gasteiger partial charge on any atom is 0.329 e. The zero-order valence-electron chi connectivity index (χ0n) is 11.0. The molecule has 0 aliphatic heterocycles. The maximum absolute atomic E-state index is 12.4. The topological polar surface area (TPSA) is 39.8 Å². The summed E-state index contributed by atoms with van der Waals surface area (Å²) in [7, 11) is 0. The smallest absolute Gasteiger partial charge is 0.292 e. The highest BCUT2D eigenvalue weighted by molar-refractivity contribution is 7.09. The van der Waals surface area contributed by atoms with Crippen molar-refractivity contribution >= 4 is 22.4 Å². The van der Waals surface area contributed by atoms with Gasteiger partial charge in [0.05, 0.1) is 17.6 Å². The van der Waals surface area contributed by atoms with Gasteiger partial charge in [0.1, 0.15) is 5.01 Å². The van der Waals surface area contributed by atoms with Gasteiger partial charge in [-0.15, -0.1) is 11.3 Å². The summed E-state index contributed by atoms with van der Waals surface area (Å²) >= 11 is 1.60. The van der Waals surface area contributed by atoms with Gasteiger partial charge in [-0.05, 0) is 26.0 Å². The molecule has 0 saturated carbocycles. The normalized spacial score (nSPS) is 11.3. The summed E-state index contributed by atoms with van der Waals surface area (Å²) in [4.78, 5) is 16.9. The van der Waals surface area contributed by atoms with E-state index in [1.165, 1.54) is 0 Å². The largest absolute Gasteiger partial charge is 0.329 e. The number of hydrogen-bond acceptors (Lipinski definition) is 3. The first kappa shape index (κ1) is 12.2. The standard InChI is InChI=1S/C14H15N3OS/c1-3-16-11-6-4-5-7-12(11)17(14(16)18)8-13-15-10(2)9-19-13/h4-7,9H,3,8H2,1-2H3. The van der Waals surface area contributed by atoms with E-state index in [4.69, 9.17) is 0 Å². The Balaban J connectivity index is 2.18. The summed E-state index contributed by atoms with van der Waals surface area (Å²) in [6, 6.07) is 7.91. The van der Waals surface area contributed by atoms with Gasteiger partial charge in [-0.25, -0.2) is 9.78 Å².